The quantitative estimate of drug-likeness (QED) is 0.837. The maximum absolute atomic E-state index is 2.75. The maximum atomic E-state index is 2.75. The van der Waals surface area contributed by atoms with Crippen molar-refractivity contribution in [3.05, 3.63) is 34.9 Å². The van der Waals surface area contributed by atoms with Crippen molar-refractivity contribution >= 4 is 0 Å². The van der Waals surface area contributed by atoms with Crippen LogP contribution < -0.4 is 0 Å². The van der Waals surface area contributed by atoms with Crippen LogP contribution in [0.15, 0.2) is 18.2 Å². The van der Waals surface area contributed by atoms with E-state index < -0.39 is 0 Å². The minimum Gasteiger partial charge on any atom is -0.302 e. The molecule has 4 rings (SSSR count). The van der Waals surface area contributed by atoms with E-state index in [9.17, 15) is 0 Å². The molecule has 1 aromatic rings. The minimum absolute atomic E-state index is 0.800. The molecule has 1 atom stereocenters. The molecule has 1 unspecified atom stereocenters. The van der Waals surface area contributed by atoms with E-state index in [0.29, 0.717) is 0 Å². The zero-order valence-corrected chi connectivity index (χ0v) is 13.9. The van der Waals surface area contributed by atoms with Gasteiger partial charge in [0, 0.05) is 19.1 Å². The Morgan fingerprint density at radius 2 is 1.68 bits per heavy atom. The second-order valence-corrected chi connectivity index (χ2v) is 7.58. The summed E-state index contributed by atoms with van der Waals surface area (Å²) in [6.45, 7) is 6.46. The van der Waals surface area contributed by atoms with Crippen molar-refractivity contribution in [3.8, 4) is 0 Å². The first-order valence-electron chi connectivity index (χ1n) is 9.45. The van der Waals surface area contributed by atoms with Gasteiger partial charge < -0.3 is 4.90 Å². The van der Waals surface area contributed by atoms with Gasteiger partial charge in [-0.15, -0.1) is 0 Å². The number of fused-ring (bicyclic) bond motifs is 1. The lowest BCUT2D eigenvalue weighted by Gasteiger charge is -2.29. The highest BCUT2D eigenvalue weighted by molar-refractivity contribution is 5.33. The van der Waals surface area contributed by atoms with Crippen LogP contribution in [0.2, 0.25) is 0 Å². The van der Waals surface area contributed by atoms with Crippen LogP contribution >= 0.6 is 0 Å². The van der Waals surface area contributed by atoms with Crippen molar-refractivity contribution in [2.75, 3.05) is 26.2 Å². The standard InChI is InChI=1S/C20H30N2/c1-2-7-19-14-17(9-10-18(19)6-1)15-22-13-5-8-20(22)16-21-11-3-4-12-21/h9-10,14,20H,1-8,11-13,15-16H2. The second-order valence-electron chi connectivity index (χ2n) is 7.58. The van der Waals surface area contributed by atoms with Gasteiger partial charge in [0.15, 0.2) is 0 Å². The molecular formula is C20H30N2. The van der Waals surface area contributed by atoms with Gasteiger partial charge in [-0.25, -0.2) is 0 Å². The fourth-order valence-electron chi connectivity index (χ4n) is 4.69. The molecule has 2 fully saturated rings. The van der Waals surface area contributed by atoms with Gasteiger partial charge in [-0.1, -0.05) is 18.2 Å². The van der Waals surface area contributed by atoms with Crippen LogP contribution in [0.25, 0.3) is 0 Å². The van der Waals surface area contributed by atoms with Gasteiger partial charge in [-0.2, -0.15) is 0 Å². The van der Waals surface area contributed by atoms with E-state index in [1.54, 1.807) is 16.7 Å². The number of hydrogen-bond acceptors (Lipinski definition) is 2. The Labute approximate surface area is 135 Å². The summed E-state index contributed by atoms with van der Waals surface area (Å²) in [4.78, 5) is 5.44. The van der Waals surface area contributed by atoms with Gasteiger partial charge in [0.2, 0.25) is 0 Å². The molecule has 0 spiro atoms. The maximum Gasteiger partial charge on any atom is 0.0237 e. The summed E-state index contributed by atoms with van der Waals surface area (Å²) >= 11 is 0. The van der Waals surface area contributed by atoms with Crippen molar-refractivity contribution in [1.82, 2.24) is 9.80 Å². The Morgan fingerprint density at radius 1 is 0.864 bits per heavy atom. The van der Waals surface area contributed by atoms with E-state index in [1.807, 2.05) is 0 Å². The highest BCUT2D eigenvalue weighted by atomic mass is 15.2. The number of nitrogens with zero attached hydrogens (tertiary/aromatic N) is 2. The van der Waals surface area contributed by atoms with Gasteiger partial charge in [-0.3, -0.25) is 4.90 Å². The second kappa shape index (κ2) is 6.72. The molecule has 3 aliphatic rings. The molecule has 0 radical (unpaired) electrons. The predicted molar refractivity (Wildman–Crippen MR) is 92.2 cm³/mol. The third-order valence-electron chi connectivity index (χ3n) is 5.97. The average Bonchev–Trinajstić information content (AvgIpc) is 3.20. The lowest BCUT2D eigenvalue weighted by Crippen LogP contribution is -2.38. The van der Waals surface area contributed by atoms with Gasteiger partial charge >= 0.3 is 0 Å². The van der Waals surface area contributed by atoms with Crippen molar-refractivity contribution in [2.24, 2.45) is 0 Å². The van der Waals surface area contributed by atoms with Crippen molar-refractivity contribution in [1.29, 1.82) is 0 Å². The number of hydrogen-bond donors (Lipinski definition) is 0. The molecule has 1 aliphatic carbocycles. The SMILES string of the molecule is c1cc2c(cc1CN1CCCC1CN1CCCC1)CCCC2. The molecule has 2 saturated heterocycles. The molecule has 120 valence electrons. The molecule has 2 aliphatic heterocycles. The Morgan fingerprint density at radius 3 is 2.55 bits per heavy atom. The average molecular weight is 298 g/mol. The molecule has 2 heteroatoms. The number of likely N-dealkylation sites (tertiary alicyclic amines) is 2. The molecule has 0 bridgehead atoms. The van der Waals surface area contributed by atoms with Gasteiger partial charge in [0.05, 0.1) is 0 Å². The summed E-state index contributed by atoms with van der Waals surface area (Å²) in [5.74, 6) is 0. The first-order chi connectivity index (χ1) is 10.9. The summed E-state index contributed by atoms with van der Waals surface area (Å²) in [5.41, 5.74) is 4.80. The highest BCUT2D eigenvalue weighted by Gasteiger charge is 2.27. The predicted octanol–water partition coefficient (Wildman–Crippen LogP) is 3.63. The van der Waals surface area contributed by atoms with Crippen LogP contribution in [-0.2, 0) is 19.4 Å². The van der Waals surface area contributed by atoms with Crippen LogP contribution in [0, 0.1) is 0 Å². The molecule has 2 nitrogen and oxygen atoms in total. The van der Waals surface area contributed by atoms with Crippen LogP contribution in [-0.4, -0.2) is 42.0 Å². The monoisotopic (exact) mass is 298 g/mol. The van der Waals surface area contributed by atoms with Crippen molar-refractivity contribution in [2.45, 2.75) is 64.0 Å². The van der Waals surface area contributed by atoms with Gasteiger partial charge in [0.25, 0.3) is 0 Å². The van der Waals surface area contributed by atoms with Crippen LogP contribution in [0.5, 0.6) is 0 Å². The summed E-state index contributed by atoms with van der Waals surface area (Å²) in [7, 11) is 0. The Bertz CT molecular complexity index is 504. The summed E-state index contributed by atoms with van der Waals surface area (Å²) in [6.07, 6.45) is 11.0. The zero-order valence-electron chi connectivity index (χ0n) is 13.9. The minimum atomic E-state index is 0.800. The third-order valence-corrected chi connectivity index (χ3v) is 5.97. The van der Waals surface area contributed by atoms with E-state index in [0.717, 1.165) is 6.04 Å². The smallest absolute Gasteiger partial charge is 0.0237 e. The normalized spacial score (nSPS) is 26.5. The third kappa shape index (κ3) is 3.23. The van der Waals surface area contributed by atoms with Gasteiger partial charge in [-0.05, 0) is 87.7 Å². The molecule has 2 heterocycles. The zero-order chi connectivity index (χ0) is 14.8. The van der Waals surface area contributed by atoms with E-state index >= 15 is 0 Å². The molecule has 0 aromatic heterocycles. The van der Waals surface area contributed by atoms with Crippen LogP contribution in [0.3, 0.4) is 0 Å². The first kappa shape index (κ1) is 14.7. The van der Waals surface area contributed by atoms with Crippen molar-refractivity contribution < 1.29 is 0 Å². The van der Waals surface area contributed by atoms with E-state index in [1.165, 1.54) is 84.1 Å². The summed E-state index contributed by atoms with van der Waals surface area (Å²) in [5, 5.41) is 0. The molecule has 1 aromatic carbocycles. The first-order valence-corrected chi connectivity index (χ1v) is 9.45. The van der Waals surface area contributed by atoms with E-state index in [4.69, 9.17) is 0 Å². The van der Waals surface area contributed by atoms with Crippen molar-refractivity contribution in [3.63, 3.8) is 0 Å². The van der Waals surface area contributed by atoms with E-state index in [2.05, 4.69) is 28.0 Å². The van der Waals surface area contributed by atoms with Crippen LogP contribution in [0.4, 0.5) is 0 Å². The van der Waals surface area contributed by atoms with Gasteiger partial charge in [0.1, 0.15) is 0 Å². The topological polar surface area (TPSA) is 6.48 Å². The number of aryl methyl sites for hydroxylation is 2. The Balaban J connectivity index is 1.40. The fraction of sp³-hybridized carbons (Fsp3) is 0.700. The summed E-state index contributed by atoms with van der Waals surface area (Å²) in [6, 6.07) is 8.12. The molecule has 0 N–H and O–H groups in total. The Kier molecular flexibility index (Phi) is 4.49. The molecule has 0 amide bonds. The number of rotatable bonds is 4. The largest absolute Gasteiger partial charge is 0.302 e. The number of benzene rings is 1. The molecule has 0 saturated carbocycles. The molecular weight excluding hydrogens is 268 g/mol. The summed E-state index contributed by atoms with van der Waals surface area (Å²) < 4.78 is 0. The lowest BCUT2D eigenvalue weighted by molar-refractivity contribution is 0.185. The highest BCUT2D eigenvalue weighted by Crippen LogP contribution is 2.26. The van der Waals surface area contributed by atoms with E-state index in [-0.39, 0.29) is 0 Å². The fourth-order valence-corrected chi connectivity index (χ4v) is 4.69. The van der Waals surface area contributed by atoms with Crippen LogP contribution in [0.1, 0.15) is 55.2 Å². The molecule has 22 heavy (non-hydrogen) atoms. The lowest BCUT2D eigenvalue weighted by atomic mass is 9.90. The Hall–Kier alpha value is -0.860.